The van der Waals surface area contributed by atoms with E-state index < -0.39 is 5.97 Å². The van der Waals surface area contributed by atoms with E-state index in [4.69, 9.17) is 22.0 Å². The van der Waals surface area contributed by atoms with Crippen molar-refractivity contribution >= 4 is 30.2 Å². The molecule has 78 valence electrons. The van der Waals surface area contributed by atoms with E-state index in [1.807, 2.05) is 6.07 Å². The van der Waals surface area contributed by atoms with Crippen LogP contribution in [0, 0.1) is 11.3 Å². The predicted octanol–water partition coefficient (Wildman–Crippen LogP) is 2.21. The fraction of sp³-hybridized carbons (Fsp3) is 0.200. The molecule has 0 atom stereocenters. The summed E-state index contributed by atoms with van der Waals surface area (Å²) in [6.07, 6.45) is -0.110. The van der Waals surface area contributed by atoms with Crippen molar-refractivity contribution in [2.24, 2.45) is 0 Å². The SMILES string of the molecule is N#Cc1cc(CCl)c(CC(=O)O)cc1S. The van der Waals surface area contributed by atoms with Crippen LogP contribution in [-0.4, -0.2) is 11.1 Å². The minimum absolute atomic E-state index is 0.110. The minimum Gasteiger partial charge on any atom is -0.481 e. The summed E-state index contributed by atoms with van der Waals surface area (Å²) < 4.78 is 0. The number of benzene rings is 1. The van der Waals surface area contributed by atoms with Crippen LogP contribution in [0.3, 0.4) is 0 Å². The van der Waals surface area contributed by atoms with Crippen molar-refractivity contribution in [3.05, 3.63) is 28.8 Å². The maximum absolute atomic E-state index is 10.6. The standard InChI is InChI=1S/C10H8ClNO2S/c11-4-7-1-8(5-12)9(15)2-6(7)3-10(13)14/h1-2,15H,3-4H2,(H,13,14). The lowest BCUT2D eigenvalue weighted by molar-refractivity contribution is -0.136. The van der Waals surface area contributed by atoms with Gasteiger partial charge in [-0.15, -0.1) is 24.2 Å². The van der Waals surface area contributed by atoms with Crippen LogP contribution in [0.1, 0.15) is 16.7 Å². The Morgan fingerprint density at radius 2 is 2.20 bits per heavy atom. The summed E-state index contributed by atoms with van der Waals surface area (Å²) in [5.41, 5.74) is 1.66. The van der Waals surface area contributed by atoms with Gasteiger partial charge >= 0.3 is 5.97 Å². The monoisotopic (exact) mass is 241 g/mol. The number of hydrogen-bond acceptors (Lipinski definition) is 3. The van der Waals surface area contributed by atoms with E-state index in [2.05, 4.69) is 12.6 Å². The highest BCUT2D eigenvalue weighted by molar-refractivity contribution is 7.80. The molecule has 5 heteroatoms. The Labute approximate surface area is 97.7 Å². The first-order chi connectivity index (χ1) is 7.08. The molecule has 0 saturated carbocycles. The van der Waals surface area contributed by atoms with Crippen LogP contribution < -0.4 is 0 Å². The summed E-state index contributed by atoms with van der Waals surface area (Å²) in [7, 11) is 0. The van der Waals surface area contributed by atoms with Crippen LogP contribution in [0.2, 0.25) is 0 Å². The molecule has 0 aliphatic carbocycles. The zero-order valence-electron chi connectivity index (χ0n) is 7.70. The summed E-state index contributed by atoms with van der Waals surface area (Å²) in [6, 6.07) is 5.12. The molecule has 3 nitrogen and oxygen atoms in total. The minimum atomic E-state index is -0.932. The maximum Gasteiger partial charge on any atom is 0.307 e. The van der Waals surface area contributed by atoms with Crippen molar-refractivity contribution < 1.29 is 9.90 Å². The molecule has 0 aliphatic rings. The van der Waals surface area contributed by atoms with Crippen LogP contribution in [0.15, 0.2) is 17.0 Å². The Morgan fingerprint density at radius 1 is 1.53 bits per heavy atom. The van der Waals surface area contributed by atoms with Gasteiger partial charge in [-0.05, 0) is 23.3 Å². The van der Waals surface area contributed by atoms with Gasteiger partial charge in [0.15, 0.2) is 0 Å². The molecule has 0 saturated heterocycles. The maximum atomic E-state index is 10.6. The van der Waals surface area contributed by atoms with Crippen molar-refractivity contribution in [1.82, 2.24) is 0 Å². The number of carboxylic acids is 1. The van der Waals surface area contributed by atoms with E-state index in [0.717, 1.165) is 0 Å². The molecule has 1 N–H and O–H groups in total. The summed E-state index contributed by atoms with van der Waals surface area (Å²) in [5.74, 6) is -0.746. The molecular weight excluding hydrogens is 234 g/mol. The number of rotatable bonds is 3. The third kappa shape index (κ3) is 2.88. The Bertz CT molecular complexity index is 440. The lowest BCUT2D eigenvalue weighted by atomic mass is 10.0. The second-order valence-corrected chi connectivity index (χ2v) is 3.70. The molecule has 1 rings (SSSR count). The second-order valence-electron chi connectivity index (χ2n) is 2.95. The molecular formula is C10H8ClNO2S. The molecule has 15 heavy (non-hydrogen) atoms. The highest BCUT2D eigenvalue weighted by Crippen LogP contribution is 2.21. The molecule has 0 amide bonds. The second kappa shape index (κ2) is 5.06. The van der Waals surface area contributed by atoms with E-state index in [0.29, 0.717) is 21.6 Å². The topological polar surface area (TPSA) is 61.1 Å². The fourth-order valence-corrected chi connectivity index (χ4v) is 1.74. The third-order valence-corrected chi connectivity index (χ3v) is 2.58. The van der Waals surface area contributed by atoms with Crippen LogP contribution in [0.4, 0.5) is 0 Å². The highest BCUT2D eigenvalue weighted by atomic mass is 35.5. The van der Waals surface area contributed by atoms with E-state index in [1.54, 1.807) is 12.1 Å². The van der Waals surface area contributed by atoms with Crippen molar-refractivity contribution in [3.8, 4) is 6.07 Å². The van der Waals surface area contributed by atoms with Crippen LogP contribution in [0.25, 0.3) is 0 Å². The Morgan fingerprint density at radius 3 is 2.67 bits per heavy atom. The summed E-state index contributed by atoms with van der Waals surface area (Å²) in [4.78, 5) is 11.0. The van der Waals surface area contributed by atoms with Crippen molar-refractivity contribution in [2.45, 2.75) is 17.2 Å². The largest absolute Gasteiger partial charge is 0.481 e. The molecule has 0 aromatic heterocycles. The van der Waals surface area contributed by atoms with Gasteiger partial charge in [-0.1, -0.05) is 0 Å². The number of carbonyl (C=O) groups is 1. The van der Waals surface area contributed by atoms with Gasteiger partial charge in [-0.25, -0.2) is 0 Å². The smallest absolute Gasteiger partial charge is 0.307 e. The van der Waals surface area contributed by atoms with Crippen LogP contribution in [0.5, 0.6) is 0 Å². The van der Waals surface area contributed by atoms with Crippen LogP contribution >= 0.6 is 24.2 Å². The van der Waals surface area contributed by atoms with Gasteiger partial charge in [-0.3, -0.25) is 4.79 Å². The Hall–Kier alpha value is -1.18. The number of nitrogens with zero attached hydrogens (tertiary/aromatic N) is 1. The van der Waals surface area contributed by atoms with E-state index in [1.165, 1.54) is 0 Å². The van der Waals surface area contributed by atoms with E-state index in [-0.39, 0.29) is 12.3 Å². The lowest BCUT2D eigenvalue weighted by Gasteiger charge is -2.07. The van der Waals surface area contributed by atoms with E-state index >= 15 is 0 Å². The Kier molecular flexibility index (Phi) is 4.01. The van der Waals surface area contributed by atoms with Gasteiger partial charge in [0, 0.05) is 10.8 Å². The molecule has 0 unspecified atom stereocenters. The summed E-state index contributed by atoms with van der Waals surface area (Å²) in [5, 5.41) is 17.4. The average molecular weight is 242 g/mol. The van der Waals surface area contributed by atoms with Gasteiger partial charge in [0.2, 0.25) is 0 Å². The number of halogens is 1. The zero-order chi connectivity index (χ0) is 11.4. The number of aliphatic carboxylic acids is 1. The number of thiol groups is 1. The number of carboxylic acid groups (broad SMARTS) is 1. The van der Waals surface area contributed by atoms with Gasteiger partial charge < -0.3 is 5.11 Å². The van der Waals surface area contributed by atoms with Gasteiger partial charge in [0.25, 0.3) is 0 Å². The number of hydrogen-bond donors (Lipinski definition) is 2. The molecule has 0 aliphatic heterocycles. The van der Waals surface area contributed by atoms with Gasteiger partial charge in [-0.2, -0.15) is 5.26 Å². The van der Waals surface area contributed by atoms with E-state index in [9.17, 15) is 4.79 Å². The van der Waals surface area contributed by atoms with Crippen molar-refractivity contribution in [3.63, 3.8) is 0 Å². The molecule has 0 heterocycles. The first-order valence-corrected chi connectivity index (χ1v) is 5.09. The van der Waals surface area contributed by atoms with Crippen molar-refractivity contribution in [1.29, 1.82) is 5.26 Å². The van der Waals surface area contributed by atoms with Crippen molar-refractivity contribution in [2.75, 3.05) is 0 Å². The molecule has 0 radical (unpaired) electrons. The fourth-order valence-electron chi connectivity index (χ4n) is 1.22. The molecule has 1 aromatic rings. The average Bonchev–Trinajstić information content (AvgIpc) is 2.17. The quantitative estimate of drug-likeness (QED) is 0.630. The van der Waals surface area contributed by atoms with Gasteiger partial charge in [0.1, 0.15) is 6.07 Å². The Balaban J connectivity index is 3.22. The molecule has 0 spiro atoms. The molecule has 0 fully saturated rings. The first kappa shape index (κ1) is 11.9. The summed E-state index contributed by atoms with van der Waals surface area (Å²) in [6.45, 7) is 0. The molecule has 0 bridgehead atoms. The number of alkyl halides is 1. The normalized spacial score (nSPS) is 9.67. The highest BCUT2D eigenvalue weighted by Gasteiger charge is 2.10. The third-order valence-electron chi connectivity index (χ3n) is 1.92. The van der Waals surface area contributed by atoms with Crippen LogP contribution in [-0.2, 0) is 17.1 Å². The predicted molar refractivity (Wildman–Crippen MR) is 59.3 cm³/mol. The molecule has 1 aromatic carbocycles. The summed E-state index contributed by atoms with van der Waals surface area (Å²) >= 11 is 9.77. The van der Waals surface area contributed by atoms with Gasteiger partial charge in [0.05, 0.1) is 12.0 Å². The number of nitriles is 1. The zero-order valence-corrected chi connectivity index (χ0v) is 9.35. The lowest BCUT2D eigenvalue weighted by Crippen LogP contribution is -2.03. The first-order valence-electron chi connectivity index (χ1n) is 4.11.